The molecule has 0 saturated carbocycles. The SMILES string of the molecule is CCCC1(Cc2ccc(C(=O)CCC(=O)O)s2)N=CC=N1. The highest BCUT2D eigenvalue weighted by Gasteiger charge is 2.29. The largest absolute Gasteiger partial charge is 0.481 e. The third kappa shape index (κ3) is 4.07. The lowest BCUT2D eigenvalue weighted by Crippen LogP contribution is -2.24. The van der Waals surface area contributed by atoms with Crippen molar-refractivity contribution in [3.05, 3.63) is 21.9 Å². The molecule has 0 unspecified atom stereocenters. The molecule has 0 saturated heterocycles. The minimum atomic E-state index is -0.948. The van der Waals surface area contributed by atoms with Crippen LogP contribution in [0, 0.1) is 0 Å². The molecule has 1 aliphatic heterocycles. The van der Waals surface area contributed by atoms with Gasteiger partial charge in [0.05, 0.1) is 11.3 Å². The molecule has 1 aromatic heterocycles. The number of nitrogens with zero attached hydrogens (tertiary/aromatic N) is 2. The number of rotatable bonds is 8. The van der Waals surface area contributed by atoms with Gasteiger partial charge in [-0.15, -0.1) is 11.3 Å². The Balaban J connectivity index is 2.02. The third-order valence-corrected chi connectivity index (χ3v) is 4.43. The van der Waals surface area contributed by atoms with E-state index in [0.29, 0.717) is 11.3 Å². The van der Waals surface area contributed by atoms with Gasteiger partial charge in [-0.25, -0.2) is 0 Å². The maximum Gasteiger partial charge on any atom is 0.303 e. The molecule has 0 aliphatic carbocycles. The quantitative estimate of drug-likeness (QED) is 0.750. The van der Waals surface area contributed by atoms with Gasteiger partial charge in [0.15, 0.2) is 11.4 Å². The summed E-state index contributed by atoms with van der Waals surface area (Å²) in [5.41, 5.74) is -0.416. The molecule has 0 bridgehead atoms. The van der Waals surface area contributed by atoms with Gasteiger partial charge in [0.1, 0.15) is 0 Å². The lowest BCUT2D eigenvalue weighted by atomic mass is 10.0. The lowest BCUT2D eigenvalue weighted by Gasteiger charge is -2.21. The first-order valence-electron chi connectivity index (χ1n) is 6.97. The number of thiophene rings is 1. The van der Waals surface area contributed by atoms with Crippen LogP contribution in [0.3, 0.4) is 0 Å². The topological polar surface area (TPSA) is 79.1 Å². The van der Waals surface area contributed by atoms with Crippen LogP contribution in [0.25, 0.3) is 0 Å². The van der Waals surface area contributed by atoms with Gasteiger partial charge >= 0.3 is 5.97 Å². The Morgan fingerprint density at radius 3 is 2.57 bits per heavy atom. The third-order valence-electron chi connectivity index (χ3n) is 3.31. The molecular formula is C15H18N2O3S. The number of carbonyl (C=O) groups is 2. The summed E-state index contributed by atoms with van der Waals surface area (Å²) in [6.45, 7) is 2.10. The maximum atomic E-state index is 11.9. The lowest BCUT2D eigenvalue weighted by molar-refractivity contribution is -0.136. The second-order valence-corrected chi connectivity index (χ2v) is 6.22. The van der Waals surface area contributed by atoms with Gasteiger partial charge in [0, 0.05) is 30.1 Å². The van der Waals surface area contributed by atoms with Crippen LogP contribution in [0.15, 0.2) is 22.1 Å². The van der Waals surface area contributed by atoms with Crippen LogP contribution >= 0.6 is 11.3 Å². The number of aliphatic carboxylic acids is 1. The first-order chi connectivity index (χ1) is 10.0. The summed E-state index contributed by atoms with van der Waals surface area (Å²) in [7, 11) is 0. The van der Waals surface area contributed by atoms with E-state index in [2.05, 4.69) is 16.9 Å². The van der Waals surface area contributed by atoms with Gasteiger partial charge in [-0.2, -0.15) is 0 Å². The van der Waals surface area contributed by atoms with Gasteiger partial charge < -0.3 is 5.11 Å². The Morgan fingerprint density at radius 2 is 1.95 bits per heavy atom. The van der Waals surface area contributed by atoms with Gasteiger partial charge in [-0.3, -0.25) is 19.6 Å². The highest BCUT2D eigenvalue weighted by molar-refractivity contribution is 7.14. The Kier molecular flexibility index (Phi) is 5.01. The fraction of sp³-hybridized carbons (Fsp3) is 0.467. The van der Waals surface area contributed by atoms with E-state index in [1.165, 1.54) is 11.3 Å². The summed E-state index contributed by atoms with van der Waals surface area (Å²) >= 11 is 1.41. The Hall–Kier alpha value is -1.82. The summed E-state index contributed by atoms with van der Waals surface area (Å²) in [6.07, 6.45) is 5.92. The second-order valence-electron chi connectivity index (χ2n) is 5.05. The van der Waals surface area contributed by atoms with Crippen LogP contribution in [0.4, 0.5) is 0 Å². The number of aliphatic imine (C=N–C) groups is 2. The number of ketones is 1. The van der Waals surface area contributed by atoms with Crippen molar-refractivity contribution < 1.29 is 14.7 Å². The molecule has 1 N–H and O–H groups in total. The van der Waals surface area contributed by atoms with E-state index in [1.807, 2.05) is 6.07 Å². The van der Waals surface area contributed by atoms with E-state index in [9.17, 15) is 9.59 Å². The molecule has 0 atom stereocenters. The van der Waals surface area contributed by atoms with Crippen molar-refractivity contribution in [3.8, 4) is 0 Å². The molecule has 21 heavy (non-hydrogen) atoms. The number of carboxylic acid groups (broad SMARTS) is 1. The number of carbonyl (C=O) groups excluding carboxylic acids is 1. The molecule has 1 aliphatic rings. The van der Waals surface area contributed by atoms with Gasteiger partial charge in [0.25, 0.3) is 0 Å². The Bertz CT molecular complexity index is 577. The molecule has 0 amide bonds. The van der Waals surface area contributed by atoms with Crippen molar-refractivity contribution in [2.75, 3.05) is 0 Å². The van der Waals surface area contributed by atoms with Crippen LogP contribution in [0.1, 0.15) is 47.2 Å². The highest BCUT2D eigenvalue weighted by atomic mass is 32.1. The predicted octanol–water partition coefficient (Wildman–Crippen LogP) is 2.99. The second kappa shape index (κ2) is 6.76. The zero-order valence-electron chi connectivity index (χ0n) is 11.9. The summed E-state index contributed by atoms with van der Waals surface area (Å²) < 4.78 is 0. The fourth-order valence-electron chi connectivity index (χ4n) is 2.33. The first-order valence-corrected chi connectivity index (χ1v) is 7.79. The van der Waals surface area contributed by atoms with Gasteiger partial charge in [-0.1, -0.05) is 13.3 Å². The molecule has 2 rings (SSSR count). The van der Waals surface area contributed by atoms with Crippen molar-refractivity contribution >= 4 is 35.5 Å². The molecule has 0 spiro atoms. The summed E-state index contributed by atoms with van der Waals surface area (Å²) in [4.78, 5) is 33.0. The van der Waals surface area contributed by atoms with Crippen molar-refractivity contribution in [1.82, 2.24) is 0 Å². The van der Waals surface area contributed by atoms with Crippen LogP contribution in [-0.2, 0) is 11.2 Å². The average Bonchev–Trinajstić information content (AvgIpc) is 3.07. The molecule has 5 nitrogen and oxygen atoms in total. The molecule has 1 aromatic rings. The smallest absolute Gasteiger partial charge is 0.303 e. The highest BCUT2D eigenvalue weighted by Crippen LogP contribution is 2.30. The average molecular weight is 306 g/mol. The molecule has 2 heterocycles. The first kappa shape index (κ1) is 15.6. The van der Waals surface area contributed by atoms with Crippen LogP contribution in [0.2, 0.25) is 0 Å². The van der Waals surface area contributed by atoms with E-state index in [4.69, 9.17) is 5.11 Å². The summed E-state index contributed by atoms with van der Waals surface area (Å²) in [5.74, 6) is -1.06. The van der Waals surface area contributed by atoms with E-state index >= 15 is 0 Å². The van der Waals surface area contributed by atoms with E-state index < -0.39 is 11.6 Å². The minimum Gasteiger partial charge on any atom is -0.481 e. The Morgan fingerprint density at radius 1 is 1.24 bits per heavy atom. The standard InChI is InChI=1S/C15H18N2O3S/c1-2-7-15(16-8-9-17-15)10-11-3-5-13(21-11)12(18)4-6-14(19)20/h3,5,8-9H,2,4,6-7,10H2,1H3,(H,19,20). The van der Waals surface area contributed by atoms with Crippen molar-refractivity contribution in [1.29, 1.82) is 0 Å². The predicted molar refractivity (Wildman–Crippen MR) is 83.8 cm³/mol. The van der Waals surface area contributed by atoms with Crippen molar-refractivity contribution in [2.45, 2.75) is 44.7 Å². The molecule has 6 heteroatoms. The van der Waals surface area contributed by atoms with Crippen LogP contribution < -0.4 is 0 Å². The number of Topliss-reactive ketones (excluding diaryl/α,β-unsaturated/α-hetero) is 1. The summed E-state index contributed by atoms with van der Waals surface area (Å²) in [5, 5.41) is 8.62. The van der Waals surface area contributed by atoms with Gasteiger partial charge in [0.2, 0.25) is 0 Å². The minimum absolute atomic E-state index is 0.0473. The molecule has 0 fully saturated rings. The number of carboxylic acids is 1. The molecular weight excluding hydrogens is 288 g/mol. The van der Waals surface area contributed by atoms with Crippen molar-refractivity contribution in [3.63, 3.8) is 0 Å². The van der Waals surface area contributed by atoms with Gasteiger partial charge in [-0.05, 0) is 18.6 Å². The zero-order chi connectivity index (χ0) is 15.3. The molecule has 0 aromatic carbocycles. The van der Waals surface area contributed by atoms with E-state index in [1.54, 1.807) is 18.5 Å². The van der Waals surface area contributed by atoms with Crippen LogP contribution in [-0.4, -0.2) is 35.0 Å². The fourth-order valence-corrected chi connectivity index (χ4v) is 3.41. The Labute approximate surface area is 127 Å². The maximum absolute atomic E-state index is 11.9. The summed E-state index contributed by atoms with van der Waals surface area (Å²) in [6, 6.07) is 3.69. The molecule has 112 valence electrons. The van der Waals surface area contributed by atoms with Crippen LogP contribution in [0.5, 0.6) is 0 Å². The molecule has 0 radical (unpaired) electrons. The normalized spacial score (nSPS) is 15.5. The number of hydrogen-bond acceptors (Lipinski definition) is 5. The monoisotopic (exact) mass is 306 g/mol. The number of hydrogen-bond donors (Lipinski definition) is 1. The zero-order valence-corrected chi connectivity index (χ0v) is 12.7. The van der Waals surface area contributed by atoms with Crippen molar-refractivity contribution in [2.24, 2.45) is 9.98 Å². The van der Waals surface area contributed by atoms with E-state index in [-0.39, 0.29) is 18.6 Å². The van der Waals surface area contributed by atoms with E-state index in [0.717, 1.165) is 17.7 Å².